The molecule has 0 spiro atoms. The molecular weight excluding hydrogens is 942 g/mol. The first-order valence-electron chi connectivity index (χ1n) is 20.9. The second-order valence-electron chi connectivity index (χ2n) is 16.5. The highest BCUT2D eigenvalue weighted by Gasteiger charge is 2.67. The standard InChI is InChI=1S/C46H39ClF6N8O6S/c1-58-41-34(14-13-32(47)39(41)45(57-58)60(68(3,64)65)21-24-9-11-29(66-2)12-10-24)61-37(63)20-36(67-23-25-7-5-4-6-8-25)55-44(61)33(17-26-15-27(48)18-28(49)16-26)54-35(62)22-59-42-38(40(56-59)43(50)51)30-19-31(30)46(42,52)53/h4-16,18,20,30-31,33,43H,17,19,21-23H2,1-3H3,(H,54,62)/t30-,31+,33-/m0/s1. The number of aromatic nitrogens is 6. The molecular formula is C46H39ClF6N8O6S. The molecule has 2 aliphatic carbocycles. The molecule has 22 heteroatoms. The molecule has 3 heterocycles. The molecule has 0 aliphatic heterocycles. The van der Waals surface area contributed by atoms with Gasteiger partial charge >= 0.3 is 0 Å². The van der Waals surface area contributed by atoms with Gasteiger partial charge in [-0.25, -0.2) is 30.3 Å². The lowest BCUT2D eigenvalue weighted by molar-refractivity contribution is -0.123. The summed E-state index contributed by atoms with van der Waals surface area (Å²) < 4.78 is 131. The number of carbonyl (C=O) groups is 1. The zero-order valence-corrected chi connectivity index (χ0v) is 37.7. The Hall–Kier alpha value is -6.87. The molecule has 14 nitrogen and oxygen atoms in total. The second-order valence-corrected chi connectivity index (χ2v) is 18.8. The number of fused-ring (bicyclic) bond motifs is 4. The zero-order chi connectivity index (χ0) is 48.4. The van der Waals surface area contributed by atoms with Gasteiger partial charge in [0.1, 0.15) is 47.7 Å². The highest BCUT2D eigenvalue weighted by molar-refractivity contribution is 7.92. The molecule has 9 rings (SSSR count). The predicted octanol–water partition coefficient (Wildman–Crippen LogP) is 8.05. The van der Waals surface area contributed by atoms with Gasteiger partial charge in [-0.3, -0.25) is 23.5 Å². The summed E-state index contributed by atoms with van der Waals surface area (Å²) in [4.78, 5) is 33.6. The van der Waals surface area contributed by atoms with E-state index in [0.717, 1.165) is 33.3 Å². The number of methoxy groups -OCH3 is 1. The number of hydrogen-bond donors (Lipinski definition) is 1. The summed E-state index contributed by atoms with van der Waals surface area (Å²) in [5.41, 5.74) is -1.54. The number of sulfonamides is 1. The molecule has 3 atom stereocenters. The number of aryl methyl sites for hydroxylation is 1. The lowest BCUT2D eigenvalue weighted by atomic mass is 10.0. The minimum absolute atomic E-state index is 0.0131. The number of alkyl halides is 4. The molecule has 354 valence electrons. The summed E-state index contributed by atoms with van der Waals surface area (Å²) in [5, 5.41) is 11.1. The molecule has 2 aliphatic rings. The van der Waals surface area contributed by atoms with E-state index in [1.807, 2.05) is 0 Å². The van der Waals surface area contributed by atoms with Crippen molar-refractivity contribution in [1.82, 2.24) is 34.4 Å². The van der Waals surface area contributed by atoms with Gasteiger partial charge < -0.3 is 14.8 Å². The maximum Gasteiger partial charge on any atom is 0.293 e. The first-order chi connectivity index (χ1) is 32.3. The average molecular weight is 981 g/mol. The van der Waals surface area contributed by atoms with Gasteiger partial charge in [0.25, 0.3) is 17.9 Å². The summed E-state index contributed by atoms with van der Waals surface area (Å²) in [6.45, 7) is -1.31. The first-order valence-corrected chi connectivity index (χ1v) is 23.1. The highest BCUT2D eigenvalue weighted by atomic mass is 35.5. The topological polar surface area (TPSA) is 155 Å². The van der Waals surface area contributed by atoms with Crippen molar-refractivity contribution >= 4 is 44.3 Å². The van der Waals surface area contributed by atoms with Crippen LogP contribution < -0.4 is 24.7 Å². The van der Waals surface area contributed by atoms with E-state index in [2.05, 4.69) is 20.5 Å². The van der Waals surface area contributed by atoms with E-state index in [9.17, 15) is 35.6 Å². The molecule has 3 aromatic heterocycles. The molecule has 0 saturated heterocycles. The fourth-order valence-corrected chi connectivity index (χ4v) is 9.89. The molecule has 7 aromatic rings. The van der Waals surface area contributed by atoms with Crippen LogP contribution in [0.2, 0.25) is 5.02 Å². The van der Waals surface area contributed by atoms with E-state index in [-0.39, 0.29) is 69.8 Å². The summed E-state index contributed by atoms with van der Waals surface area (Å²) in [5.74, 6) is -8.86. The summed E-state index contributed by atoms with van der Waals surface area (Å²) >= 11 is 6.86. The smallest absolute Gasteiger partial charge is 0.293 e. The van der Waals surface area contributed by atoms with E-state index in [1.165, 1.54) is 31.0 Å². The minimum Gasteiger partial charge on any atom is -0.497 e. The van der Waals surface area contributed by atoms with Crippen molar-refractivity contribution < 1.29 is 49.0 Å². The SMILES string of the molecule is COc1ccc(CN(c2nn(C)c3c(-n4c([C@H](Cc5cc(F)cc(F)c5)NC(=O)Cn5nc(C(F)F)c6c5C(F)(F)[C@@H]5C[C@H]65)nc(OCc5ccccc5)cc4=O)ccc(Cl)c23)S(C)(=O)=O)cc1. The Morgan fingerprint density at radius 1 is 0.971 bits per heavy atom. The highest BCUT2D eigenvalue weighted by Crippen LogP contribution is 2.68. The molecule has 1 amide bonds. The normalized spacial score (nSPS) is 16.4. The third-order valence-electron chi connectivity index (χ3n) is 11.9. The number of amides is 1. The number of nitrogens with zero attached hydrogens (tertiary/aromatic N) is 7. The van der Waals surface area contributed by atoms with Crippen LogP contribution in [0.4, 0.5) is 32.2 Å². The second kappa shape index (κ2) is 17.7. The van der Waals surface area contributed by atoms with Crippen LogP contribution >= 0.6 is 11.6 Å². The fourth-order valence-electron chi connectivity index (χ4n) is 8.82. The Bertz CT molecular complexity index is 3260. The van der Waals surface area contributed by atoms with Crippen molar-refractivity contribution in [2.24, 2.45) is 13.0 Å². The predicted molar refractivity (Wildman–Crippen MR) is 237 cm³/mol. The van der Waals surface area contributed by atoms with Crippen molar-refractivity contribution in [1.29, 1.82) is 0 Å². The number of benzene rings is 4. The number of ether oxygens (including phenoxy) is 2. The first kappa shape index (κ1) is 46.2. The van der Waals surface area contributed by atoms with Gasteiger partial charge in [0.05, 0.1) is 53.6 Å². The largest absolute Gasteiger partial charge is 0.497 e. The van der Waals surface area contributed by atoms with Crippen LogP contribution in [0.25, 0.3) is 16.6 Å². The lowest BCUT2D eigenvalue weighted by Crippen LogP contribution is -2.38. The lowest BCUT2D eigenvalue weighted by Gasteiger charge is -2.24. The Morgan fingerprint density at radius 3 is 2.34 bits per heavy atom. The molecule has 0 radical (unpaired) electrons. The molecule has 4 aromatic carbocycles. The van der Waals surface area contributed by atoms with Crippen LogP contribution in [0, 0.1) is 17.6 Å². The van der Waals surface area contributed by atoms with E-state index < -0.39 is 87.7 Å². The number of anilines is 1. The van der Waals surface area contributed by atoms with E-state index in [0.29, 0.717) is 27.6 Å². The number of carbonyl (C=O) groups excluding carboxylic acids is 1. The summed E-state index contributed by atoms with van der Waals surface area (Å²) in [6.07, 6.45) is -2.74. The summed E-state index contributed by atoms with van der Waals surface area (Å²) in [7, 11) is -1.14. The van der Waals surface area contributed by atoms with Crippen molar-refractivity contribution in [3.63, 3.8) is 0 Å². The quantitative estimate of drug-likeness (QED) is 0.0948. The molecule has 68 heavy (non-hydrogen) atoms. The Kier molecular flexibility index (Phi) is 12.0. The van der Waals surface area contributed by atoms with Crippen LogP contribution in [0.15, 0.2) is 95.8 Å². The third kappa shape index (κ3) is 8.75. The third-order valence-corrected chi connectivity index (χ3v) is 13.3. The monoisotopic (exact) mass is 980 g/mol. The number of nitrogens with one attached hydrogen (secondary N) is 1. The number of rotatable bonds is 16. The van der Waals surface area contributed by atoms with Crippen LogP contribution in [0.5, 0.6) is 11.6 Å². The van der Waals surface area contributed by atoms with Gasteiger partial charge in [0, 0.05) is 31.0 Å². The van der Waals surface area contributed by atoms with Crippen molar-refractivity contribution in [3.8, 4) is 17.3 Å². The molecule has 1 fully saturated rings. The summed E-state index contributed by atoms with van der Waals surface area (Å²) in [6, 6.07) is 20.3. The molecule has 0 bridgehead atoms. The van der Waals surface area contributed by atoms with Crippen LogP contribution in [-0.2, 0) is 53.9 Å². The van der Waals surface area contributed by atoms with Gasteiger partial charge in [-0.05, 0) is 65.4 Å². The Labute approximate surface area is 388 Å². The van der Waals surface area contributed by atoms with E-state index in [4.69, 9.17) is 21.1 Å². The van der Waals surface area contributed by atoms with Crippen LogP contribution in [0.3, 0.4) is 0 Å². The minimum atomic E-state index is -4.10. The van der Waals surface area contributed by atoms with Gasteiger partial charge in [0.15, 0.2) is 5.82 Å². The fraction of sp³-hybridized carbons (Fsp3) is 0.283. The Balaban J connectivity index is 1.20. The van der Waals surface area contributed by atoms with Crippen molar-refractivity contribution in [2.75, 3.05) is 17.7 Å². The van der Waals surface area contributed by atoms with Crippen molar-refractivity contribution in [3.05, 3.63) is 157 Å². The van der Waals surface area contributed by atoms with Gasteiger partial charge in [-0.1, -0.05) is 54.1 Å². The maximum absolute atomic E-state index is 15.6. The van der Waals surface area contributed by atoms with Crippen molar-refractivity contribution in [2.45, 2.75) is 56.8 Å². The van der Waals surface area contributed by atoms with E-state index >= 15 is 8.78 Å². The maximum atomic E-state index is 15.6. The van der Waals surface area contributed by atoms with E-state index in [1.54, 1.807) is 54.6 Å². The van der Waals surface area contributed by atoms with Crippen LogP contribution in [0.1, 0.15) is 64.3 Å². The number of hydrogen-bond acceptors (Lipinski definition) is 9. The molecule has 1 saturated carbocycles. The average Bonchev–Trinajstić information content (AvgIpc) is 3.81. The van der Waals surface area contributed by atoms with Crippen LogP contribution in [-0.4, -0.2) is 56.8 Å². The Morgan fingerprint density at radius 2 is 1.68 bits per heavy atom. The molecule has 0 unspecified atom stereocenters. The zero-order valence-electron chi connectivity index (χ0n) is 36.1. The van der Waals surface area contributed by atoms with Gasteiger partial charge in [0.2, 0.25) is 21.8 Å². The van der Waals surface area contributed by atoms with Gasteiger partial charge in [-0.2, -0.15) is 24.0 Å². The van der Waals surface area contributed by atoms with Gasteiger partial charge in [-0.15, -0.1) is 0 Å². The molecule has 1 N–H and O–H groups in total. The number of halogens is 7.